The van der Waals surface area contributed by atoms with Gasteiger partial charge in [-0.15, -0.1) is 0 Å². The zero-order valence-corrected chi connectivity index (χ0v) is 15.4. The SMILES string of the molecule is Cc1ccccc1COc1cccc(OCc2cccc(C)c2C(=O)O)c1. The van der Waals surface area contributed by atoms with Crippen LogP contribution in [-0.2, 0) is 13.2 Å². The fraction of sp³-hybridized carbons (Fsp3) is 0.174. The van der Waals surface area contributed by atoms with Gasteiger partial charge in [0.2, 0.25) is 0 Å². The zero-order chi connectivity index (χ0) is 19.2. The molecule has 4 nitrogen and oxygen atoms in total. The maximum absolute atomic E-state index is 11.5. The third-order valence-corrected chi connectivity index (χ3v) is 4.43. The van der Waals surface area contributed by atoms with E-state index in [0.717, 1.165) is 11.1 Å². The number of carbonyl (C=O) groups is 1. The summed E-state index contributed by atoms with van der Waals surface area (Å²) in [7, 11) is 0. The number of hydrogen-bond donors (Lipinski definition) is 1. The van der Waals surface area contributed by atoms with Crippen molar-refractivity contribution in [1.29, 1.82) is 0 Å². The number of hydrogen-bond acceptors (Lipinski definition) is 3. The minimum atomic E-state index is -0.943. The maximum Gasteiger partial charge on any atom is 0.336 e. The molecule has 3 rings (SSSR count). The fourth-order valence-corrected chi connectivity index (χ4v) is 2.90. The van der Waals surface area contributed by atoms with Crippen LogP contribution in [0.15, 0.2) is 66.7 Å². The standard InChI is InChI=1S/C23H22O4/c1-16-7-3-4-9-18(16)14-26-20-11-6-12-21(13-20)27-15-19-10-5-8-17(2)22(19)23(24)25/h3-13H,14-15H2,1-2H3,(H,24,25). The minimum Gasteiger partial charge on any atom is -0.489 e. The second-order valence-corrected chi connectivity index (χ2v) is 6.39. The first-order valence-electron chi connectivity index (χ1n) is 8.76. The summed E-state index contributed by atoms with van der Waals surface area (Å²) in [5.41, 5.74) is 3.98. The molecule has 0 aliphatic rings. The number of ether oxygens (including phenoxy) is 2. The monoisotopic (exact) mass is 362 g/mol. The van der Waals surface area contributed by atoms with Crippen molar-refractivity contribution in [3.8, 4) is 11.5 Å². The second-order valence-electron chi connectivity index (χ2n) is 6.39. The number of aryl methyl sites for hydroxylation is 2. The van der Waals surface area contributed by atoms with Gasteiger partial charge in [-0.25, -0.2) is 4.79 Å². The molecule has 4 heteroatoms. The van der Waals surface area contributed by atoms with Gasteiger partial charge in [-0.2, -0.15) is 0 Å². The first kappa shape index (κ1) is 18.5. The molecular formula is C23H22O4. The Kier molecular flexibility index (Phi) is 5.77. The van der Waals surface area contributed by atoms with Gasteiger partial charge in [-0.3, -0.25) is 0 Å². The topological polar surface area (TPSA) is 55.8 Å². The number of carboxylic acids is 1. The lowest BCUT2D eigenvalue weighted by Gasteiger charge is -2.12. The molecule has 0 aromatic heterocycles. The van der Waals surface area contributed by atoms with E-state index in [-0.39, 0.29) is 6.61 Å². The van der Waals surface area contributed by atoms with Crippen LogP contribution in [0.4, 0.5) is 0 Å². The van der Waals surface area contributed by atoms with Crippen LogP contribution in [0.1, 0.15) is 32.6 Å². The van der Waals surface area contributed by atoms with Crippen LogP contribution in [-0.4, -0.2) is 11.1 Å². The van der Waals surface area contributed by atoms with E-state index >= 15 is 0 Å². The third-order valence-electron chi connectivity index (χ3n) is 4.43. The molecule has 0 saturated heterocycles. The number of rotatable bonds is 7. The van der Waals surface area contributed by atoms with Crippen molar-refractivity contribution >= 4 is 5.97 Å². The van der Waals surface area contributed by atoms with Gasteiger partial charge in [-0.05, 0) is 42.7 Å². The summed E-state index contributed by atoms with van der Waals surface area (Å²) >= 11 is 0. The molecule has 3 aromatic carbocycles. The lowest BCUT2D eigenvalue weighted by Crippen LogP contribution is -2.08. The van der Waals surface area contributed by atoms with Crippen molar-refractivity contribution in [3.05, 3.63) is 94.5 Å². The van der Waals surface area contributed by atoms with Crippen molar-refractivity contribution in [3.63, 3.8) is 0 Å². The predicted molar refractivity (Wildman–Crippen MR) is 104 cm³/mol. The van der Waals surface area contributed by atoms with Crippen molar-refractivity contribution in [1.82, 2.24) is 0 Å². The molecule has 0 atom stereocenters. The summed E-state index contributed by atoms with van der Waals surface area (Å²) in [6, 6.07) is 20.9. The molecule has 138 valence electrons. The van der Waals surface area contributed by atoms with Gasteiger partial charge in [0.25, 0.3) is 0 Å². The molecule has 0 heterocycles. The molecule has 0 amide bonds. The van der Waals surface area contributed by atoms with E-state index in [9.17, 15) is 9.90 Å². The van der Waals surface area contributed by atoms with E-state index in [0.29, 0.717) is 29.2 Å². The van der Waals surface area contributed by atoms with Crippen molar-refractivity contribution in [2.24, 2.45) is 0 Å². The molecule has 0 unspecified atom stereocenters. The summed E-state index contributed by atoms with van der Waals surface area (Å²) < 4.78 is 11.7. The van der Waals surface area contributed by atoms with Gasteiger partial charge < -0.3 is 14.6 Å². The Hall–Kier alpha value is -3.27. The minimum absolute atomic E-state index is 0.185. The van der Waals surface area contributed by atoms with E-state index in [1.165, 1.54) is 5.56 Å². The normalized spacial score (nSPS) is 10.4. The molecule has 0 saturated carbocycles. The highest BCUT2D eigenvalue weighted by molar-refractivity contribution is 5.91. The molecule has 0 aliphatic heterocycles. The highest BCUT2D eigenvalue weighted by atomic mass is 16.5. The van der Waals surface area contributed by atoms with Gasteiger partial charge >= 0.3 is 5.97 Å². The first-order valence-corrected chi connectivity index (χ1v) is 8.76. The molecule has 3 aromatic rings. The van der Waals surface area contributed by atoms with Crippen molar-refractivity contribution in [2.75, 3.05) is 0 Å². The second kappa shape index (κ2) is 8.41. The fourth-order valence-electron chi connectivity index (χ4n) is 2.90. The van der Waals surface area contributed by atoms with Crippen LogP contribution >= 0.6 is 0 Å². The molecule has 0 radical (unpaired) electrons. The summed E-state index contributed by atoms with van der Waals surface area (Å²) in [5, 5.41) is 9.41. The molecule has 27 heavy (non-hydrogen) atoms. The summed E-state index contributed by atoms with van der Waals surface area (Å²) in [6.07, 6.45) is 0. The van der Waals surface area contributed by atoms with Gasteiger partial charge in [0.15, 0.2) is 0 Å². The summed E-state index contributed by atoms with van der Waals surface area (Å²) in [6.45, 7) is 4.51. The lowest BCUT2D eigenvalue weighted by molar-refractivity contribution is 0.0693. The Bertz CT molecular complexity index is 947. The molecule has 0 bridgehead atoms. The lowest BCUT2D eigenvalue weighted by atomic mass is 10.0. The van der Waals surface area contributed by atoms with Crippen LogP contribution in [0.3, 0.4) is 0 Å². The van der Waals surface area contributed by atoms with E-state index in [4.69, 9.17) is 9.47 Å². The van der Waals surface area contributed by atoms with E-state index < -0.39 is 5.97 Å². The number of carboxylic acid groups (broad SMARTS) is 1. The molecular weight excluding hydrogens is 340 g/mol. The van der Waals surface area contributed by atoms with Crippen LogP contribution in [0.5, 0.6) is 11.5 Å². The molecule has 1 N–H and O–H groups in total. The van der Waals surface area contributed by atoms with E-state index in [1.807, 2.05) is 48.5 Å². The van der Waals surface area contributed by atoms with Gasteiger partial charge in [0, 0.05) is 11.6 Å². The van der Waals surface area contributed by atoms with Crippen LogP contribution < -0.4 is 9.47 Å². The Balaban J connectivity index is 1.67. The summed E-state index contributed by atoms with van der Waals surface area (Å²) in [5.74, 6) is 0.399. The average molecular weight is 362 g/mol. The smallest absolute Gasteiger partial charge is 0.336 e. The van der Waals surface area contributed by atoms with Gasteiger partial charge in [-0.1, -0.05) is 48.5 Å². The van der Waals surface area contributed by atoms with Gasteiger partial charge in [0.05, 0.1) is 5.56 Å². The van der Waals surface area contributed by atoms with Crippen molar-refractivity contribution < 1.29 is 19.4 Å². The Labute approximate surface area is 159 Å². The highest BCUT2D eigenvalue weighted by Crippen LogP contribution is 2.23. The zero-order valence-electron chi connectivity index (χ0n) is 15.4. The van der Waals surface area contributed by atoms with E-state index in [1.54, 1.807) is 19.1 Å². The quantitative estimate of drug-likeness (QED) is 0.631. The Morgan fingerprint density at radius 1 is 0.778 bits per heavy atom. The van der Waals surface area contributed by atoms with Gasteiger partial charge in [0.1, 0.15) is 24.7 Å². The van der Waals surface area contributed by atoms with E-state index in [2.05, 4.69) is 13.0 Å². The van der Waals surface area contributed by atoms with Crippen LogP contribution in [0, 0.1) is 13.8 Å². The number of aromatic carboxylic acids is 1. The average Bonchev–Trinajstić information content (AvgIpc) is 2.66. The highest BCUT2D eigenvalue weighted by Gasteiger charge is 2.13. The Morgan fingerprint density at radius 2 is 1.33 bits per heavy atom. The molecule has 0 spiro atoms. The predicted octanol–water partition coefficient (Wildman–Crippen LogP) is 5.16. The largest absolute Gasteiger partial charge is 0.489 e. The number of benzene rings is 3. The third kappa shape index (κ3) is 4.67. The first-order chi connectivity index (χ1) is 13.0. The maximum atomic E-state index is 11.5. The summed E-state index contributed by atoms with van der Waals surface area (Å²) in [4.78, 5) is 11.5. The van der Waals surface area contributed by atoms with Crippen LogP contribution in [0.25, 0.3) is 0 Å². The van der Waals surface area contributed by atoms with Crippen molar-refractivity contribution in [2.45, 2.75) is 27.1 Å². The molecule has 0 fully saturated rings. The van der Waals surface area contributed by atoms with Crippen LogP contribution in [0.2, 0.25) is 0 Å². The Morgan fingerprint density at radius 3 is 2.00 bits per heavy atom. The molecule has 0 aliphatic carbocycles.